The Hall–Kier alpha value is -6.28. The maximum atomic E-state index is 13.6. The largest absolute Gasteiger partial charge is 0.376 e. The van der Waals surface area contributed by atoms with E-state index in [0.29, 0.717) is 34.4 Å². The van der Waals surface area contributed by atoms with Gasteiger partial charge in [0.05, 0.1) is 27.4 Å². The molecule has 0 unspecified atom stereocenters. The Morgan fingerprint density at radius 1 is 0.817 bits per heavy atom. The first-order valence-electron chi connectivity index (χ1n) is 23.7. The number of thioether (sulfide) groups is 1. The summed E-state index contributed by atoms with van der Waals surface area (Å²) >= 11 is 7.93. The molecule has 2 fully saturated rings. The van der Waals surface area contributed by atoms with E-state index in [1.165, 1.54) is 12.1 Å². The maximum absolute atomic E-state index is 13.6. The highest BCUT2D eigenvalue weighted by Crippen LogP contribution is 2.34. The molecule has 0 saturated carbocycles. The van der Waals surface area contributed by atoms with Gasteiger partial charge in [-0.1, -0.05) is 54.1 Å². The number of nitrogens with one attached hydrogen (secondary N) is 3. The van der Waals surface area contributed by atoms with Crippen molar-refractivity contribution in [2.75, 3.05) is 119 Å². The van der Waals surface area contributed by atoms with E-state index in [9.17, 15) is 23.3 Å². The van der Waals surface area contributed by atoms with Crippen LogP contribution in [0.4, 0.5) is 28.4 Å². The Morgan fingerprint density at radius 2 is 1.52 bits per heavy atom. The van der Waals surface area contributed by atoms with Crippen LogP contribution in [0.25, 0.3) is 22.5 Å². The highest BCUT2D eigenvalue weighted by molar-refractivity contribution is 7.99. The number of sulfonamides is 1. The van der Waals surface area contributed by atoms with Gasteiger partial charge in [0.25, 0.3) is 21.6 Å². The van der Waals surface area contributed by atoms with E-state index in [1.54, 1.807) is 42.2 Å². The Balaban J connectivity index is 0.893. The molecule has 16 nitrogen and oxygen atoms in total. The number of piperazine rings is 2. The summed E-state index contributed by atoms with van der Waals surface area (Å²) in [6.45, 7) is 8.92. The summed E-state index contributed by atoms with van der Waals surface area (Å²) in [5.41, 5.74) is 5.39. The molecule has 1 amide bonds. The minimum atomic E-state index is -4.16. The van der Waals surface area contributed by atoms with Crippen LogP contribution in [0.1, 0.15) is 16.9 Å². The molecule has 19 heteroatoms. The van der Waals surface area contributed by atoms with Gasteiger partial charge in [-0.3, -0.25) is 29.5 Å². The van der Waals surface area contributed by atoms with Crippen molar-refractivity contribution in [2.45, 2.75) is 22.3 Å². The molecule has 0 aliphatic carbocycles. The van der Waals surface area contributed by atoms with Gasteiger partial charge >= 0.3 is 0 Å². The number of hydrogen-bond donors (Lipinski definition) is 3. The maximum Gasteiger partial charge on any atom is 0.293 e. The number of amides is 1. The van der Waals surface area contributed by atoms with Gasteiger partial charge in [0.1, 0.15) is 11.4 Å². The van der Waals surface area contributed by atoms with Crippen molar-refractivity contribution >= 4 is 67.7 Å². The third-order valence-corrected chi connectivity index (χ3v) is 15.4. The molecular formula is C52H60ClN11O5S2. The van der Waals surface area contributed by atoms with E-state index < -0.39 is 14.9 Å². The number of carbonyl (C=O) groups is 1. The van der Waals surface area contributed by atoms with Crippen LogP contribution >= 0.6 is 23.4 Å². The highest BCUT2D eigenvalue weighted by Gasteiger charge is 2.25. The van der Waals surface area contributed by atoms with Crippen molar-refractivity contribution in [1.29, 1.82) is 0 Å². The Morgan fingerprint density at radius 3 is 2.21 bits per heavy atom. The molecule has 5 aromatic carbocycles. The van der Waals surface area contributed by atoms with Crippen LogP contribution in [0.2, 0.25) is 5.02 Å². The fraction of sp³-hybridized carbons (Fsp3) is 0.327. The summed E-state index contributed by atoms with van der Waals surface area (Å²) in [6.07, 6.45) is 2.27. The summed E-state index contributed by atoms with van der Waals surface area (Å²) in [7, 11) is 1.91. The normalized spacial score (nSPS) is 15.1. The fourth-order valence-corrected chi connectivity index (χ4v) is 10.7. The van der Waals surface area contributed by atoms with E-state index >= 15 is 0 Å². The Kier molecular flexibility index (Phi) is 17.1. The SMILES string of the molecule is CN(C)CC[C@H](CSc1ccccc1)Nc1ccc(S(=O)(=O)Nc2ccc(N3CCN(c4cccc(-c5ncc(C(=O)NCCN6CCN(C)CC6)nc5-c5ccc(Cl)cc5)c4)CC3)cc2)cc1[N+](=O)[O-]. The Labute approximate surface area is 425 Å². The summed E-state index contributed by atoms with van der Waals surface area (Å²) in [5.74, 6) is 0.394. The second kappa shape index (κ2) is 23.8. The topological polar surface area (TPSA) is 172 Å². The first-order chi connectivity index (χ1) is 34.3. The lowest BCUT2D eigenvalue weighted by Crippen LogP contribution is -2.46. The number of halogens is 1. The molecule has 3 heterocycles. The molecule has 0 spiro atoms. The van der Waals surface area contributed by atoms with E-state index in [-0.39, 0.29) is 33.9 Å². The number of aromatic nitrogens is 2. The van der Waals surface area contributed by atoms with Crippen molar-refractivity contribution in [3.05, 3.63) is 148 Å². The van der Waals surface area contributed by atoms with Crippen LogP contribution in [0.3, 0.4) is 0 Å². The van der Waals surface area contributed by atoms with Gasteiger partial charge in [-0.05, 0) is 107 Å². The van der Waals surface area contributed by atoms with Gasteiger partial charge in [-0.25, -0.2) is 13.4 Å². The predicted molar refractivity (Wildman–Crippen MR) is 287 cm³/mol. The number of benzene rings is 5. The number of likely N-dealkylation sites (N-methyl/N-ethyl adjacent to an activating group) is 1. The molecule has 1 aromatic heterocycles. The number of nitro benzene ring substituents is 1. The molecule has 372 valence electrons. The molecule has 0 bridgehead atoms. The van der Waals surface area contributed by atoms with Crippen LogP contribution in [0.5, 0.6) is 0 Å². The average Bonchev–Trinajstić information content (AvgIpc) is 3.38. The van der Waals surface area contributed by atoms with Crippen molar-refractivity contribution in [3.8, 4) is 22.5 Å². The summed E-state index contributed by atoms with van der Waals surface area (Å²) < 4.78 is 29.9. The number of rotatable bonds is 20. The molecule has 3 N–H and O–H groups in total. The van der Waals surface area contributed by atoms with E-state index in [0.717, 1.165) is 105 Å². The zero-order valence-corrected chi connectivity index (χ0v) is 42.6. The van der Waals surface area contributed by atoms with Crippen LogP contribution in [-0.4, -0.2) is 149 Å². The zero-order valence-electron chi connectivity index (χ0n) is 40.2. The smallest absolute Gasteiger partial charge is 0.293 e. The molecule has 8 rings (SSSR count). The lowest BCUT2D eigenvalue weighted by atomic mass is 10.0. The van der Waals surface area contributed by atoms with Gasteiger partial charge in [0, 0.05) is 121 Å². The summed E-state index contributed by atoms with van der Waals surface area (Å²) in [6, 6.07) is 36.5. The number of nitro groups is 1. The van der Waals surface area contributed by atoms with Crippen LogP contribution < -0.4 is 25.2 Å². The first-order valence-corrected chi connectivity index (χ1v) is 26.6. The molecule has 71 heavy (non-hydrogen) atoms. The second-order valence-corrected chi connectivity index (χ2v) is 21.2. The molecule has 1 atom stereocenters. The molecule has 2 aliphatic heterocycles. The Bertz CT molecular complexity index is 2870. The third-order valence-electron chi connectivity index (χ3n) is 12.6. The second-order valence-electron chi connectivity index (χ2n) is 18.0. The van der Waals surface area contributed by atoms with Crippen LogP contribution in [-0.2, 0) is 10.0 Å². The molecule has 0 radical (unpaired) electrons. The number of anilines is 4. The monoisotopic (exact) mass is 1020 g/mol. The number of hydrogen-bond acceptors (Lipinski definition) is 14. The van der Waals surface area contributed by atoms with E-state index in [2.05, 4.69) is 59.0 Å². The van der Waals surface area contributed by atoms with Gasteiger partial charge in [0.2, 0.25) is 0 Å². The van der Waals surface area contributed by atoms with Crippen molar-refractivity contribution in [2.24, 2.45) is 0 Å². The van der Waals surface area contributed by atoms with Gasteiger partial charge in [0.15, 0.2) is 0 Å². The lowest BCUT2D eigenvalue weighted by Gasteiger charge is -2.37. The standard InChI is InChI=1S/C52H60ClN11O5S2/c1-59(2)24-22-42(37-70-45-10-5-4-6-11-45)56-47-21-20-46(35-49(47)64(66)67)71(68,69)58-41-16-18-43(19-17-41)62-30-32-63(33-31-62)44-9-7-8-39(34-44)50-51(38-12-14-40(53)15-13-38)57-48(36-55-50)52(65)54-23-25-61-28-26-60(3)27-29-61/h4-21,34-36,42,56,58H,22-33,37H2,1-3H3,(H,54,65)/t42-/m1/s1. The van der Waals surface area contributed by atoms with E-state index in [4.69, 9.17) is 21.6 Å². The van der Waals surface area contributed by atoms with Gasteiger partial charge in [-0.2, -0.15) is 0 Å². The van der Waals surface area contributed by atoms with Gasteiger partial charge < -0.3 is 30.2 Å². The number of carbonyl (C=O) groups excluding carboxylic acids is 1. The third kappa shape index (κ3) is 13.8. The minimum absolute atomic E-state index is 0.112. The fourth-order valence-electron chi connectivity index (χ4n) is 8.53. The first kappa shape index (κ1) is 51.1. The molecule has 2 saturated heterocycles. The highest BCUT2D eigenvalue weighted by atomic mass is 35.5. The van der Waals surface area contributed by atoms with Crippen molar-refractivity contribution < 1.29 is 18.1 Å². The van der Waals surface area contributed by atoms with Crippen molar-refractivity contribution in [3.63, 3.8) is 0 Å². The quantitative estimate of drug-likeness (QED) is 0.0382. The summed E-state index contributed by atoms with van der Waals surface area (Å²) in [5, 5.41) is 19.3. The molecule has 2 aliphatic rings. The predicted octanol–water partition coefficient (Wildman–Crippen LogP) is 8.00. The molecular weight excluding hydrogens is 958 g/mol. The van der Waals surface area contributed by atoms with Gasteiger partial charge in [-0.15, -0.1) is 11.8 Å². The van der Waals surface area contributed by atoms with Crippen molar-refractivity contribution in [1.82, 2.24) is 30.0 Å². The molecule has 6 aromatic rings. The average molecular weight is 1020 g/mol. The minimum Gasteiger partial charge on any atom is -0.376 e. The van der Waals surface area contributed by atoms with Crippen LogP contribution in [0.15, 0.2) is 137 Å². The van der Waals surface area contributed by atoms with Crippen LogP contribution in [0, 0.1) is 10.1 Å². The lowest BCUT2D eigenvalue weighted by molar-refractivity contribution is -0.384. The summed E-state index contributed by atoms with van der Waals surface area (Å²) in [4.78, 5) is 47.0. The van der Waals surface area contributed by atoms with E-state index in [1.807, 2.05) is 80.8 Å². The number of nitrogens with zero attached hydrogens (tertiary/aromatic N) is 8. The zero-order chi connectivity index (χ0) is 49.9.